The fourth-order valence-corrected chi connectivity index (χ4v) is 3.37. The molecule has 1 aromatic heterocycles. The zero-order valence-corrected chi connectivity index (χ0v) is 16.1. The van der Waals surface area contributed by atoms with Crippen LogP contribution in [-0.4, -0.2) is 23.5 Å². The summed E-state index contributed by atoms with van der Waals surface area (Å²) in [6.45, 7) is 4.41. The number of benzene rings is 2. The number of rotatable bonds is 7. The van der Waals surface area contributed by atoms with Crippen LogP contribution in [0.1, 0.15) is 29.9 Å². The van der Waals surface area contributed by atoms with Crippen molar-refractivity contribution in [2.45, 2.75) is 26.4 Å². The summed E-state index contributed by atoms with van der Waals surface area (Å²) in [4.78, 5) is 16.8. The fourth-order valence-electron chi connectivity index (χ4n) is 2.51. The Kier molecular flexibility index (Phi) is 6.19. The monoisotopic (exact) mass is 384 g/mol. The summed E-state index contributed by atoms with van der Waals surface area (Å²) < 4.78 is 18.6. The van der Waals surface area contributed by atoms with E-state index in [0.29, 0.717) is 18.5 Å². The summed E-state index contributed by atoms with van der Waals surface area (Å²) in [5.74, 6) is 0.361. The lowest BCUT2D eigenvalue weighted by Gasteiger charge is -2.10. The molecule has 27 heavy (non-hydrogen) atoms. The highest BCUT2D eigenvalue weighted by Gasteiger charge is 2.08. The number of nitrogens with one attached hydrogen (secondary N) is 1. The fraction of sp³-hybridized carbons (Fsp3) is 0.238. The van der Waals surface area contributed by atoms with Gasteiger partial charge in [-0.1, -0.05) is 0 Å². The van der Waals surface area contributed by atoms with Gasteiger partial charge in [-0.25, -0.2) is 9.37 Å². The molecule has 0 fully saturated rings. The second-order valence-corrected chi connectivity index (χ2v) is 7.21. The van der Waals surface area contributed by atoms with Crippen molar-refractivity contribution in [3.8, 4) is 16.3 Å². The van der Waals surface area contributed by atoms with Crippen molar-refractivity contribution in [3.05, 3.63) is 71.0 Å². The molecule has 0 aliphatic carbocycles. The molecule has 0 radical (unpaired) electrons. The topological polar surface area (TPSA) is 51.2 Å². The lowest BCUT2D eigenvalue weighted by atomic mass is 10.2. The summed E-state index contributed by atoms with van der Waals surface area (Å²) in [5.41, 5.74) is 2.39. The van der Waals surface area contributed by atoms with Gasteiger partial charge in [-0.3, -0.25) is 4.79 Å². The Morgan fingerprint density at radius 2 is 1.85 bits per heavy atom. The lowest BCUT2D eigenvalue weighted by Crippen LogP contribution is -2.25. The van der Waals surface area contributed by atoms with Crippen molar-refractivity contribution < 1.29 is 13.9 Å². The summed E-state index contributed by atoms with van der Waals surface area (Å²) in [7, 11) is 0. The van der Waals surface area contributed by atoms with Gasteiger partial charge in [-0.05, 0) is 62.4 Å². The van der Waals surface area contributed by atoms with Crippen LogP contribution in [0.5, 0.6) is 5.75 Å². The van der Waals surface area contributed by atoms with Crippen LogP contribution in [0, 0.1) is 5.82 Å². The van der Waals surface area contributed by atoms with Crippen LogP contribution >= 0.6 is 11.3 Å². The molecule has 1 N–H and O–H groups in total. The van der Waals surface area contributed by atoms with Crippen LogP contribution in [-0.2, 0) is 6.42 Å². The number of nitrogens with zero attached hydrogens (tertiary/aromatic N) is 1. The van der Waals surface area contributed by atoms with Crippen LogP contribution in [0.25, 0.3) is 10.6 Å². The largest absolute Gasteiger partial charge is 0.491 e. The van der Waals surface area contributed by atoms with Crippen LogP contribution < -0.4 is 10.1 Å². The van der Waals surface area contributed by atoms with Crippen molar-refractivity contribution in [1.29, 1.82) is 0 Å². The maximum Gasteiger partial charge on any atom is 0.251 e. The molecule has 0 aliphatic heterocycles. The second-order valence-electron chi connectivity index (χ2n) is 6.35. The van der Waals surface area contributed by atoms with E-state index < -0.39 is 0 Å². The van der Waals surface area contributed by atoms with Crippen LogP contribution in [0.15, 0.2) is 53.9 Å². The molecule has 0 saturated heterocycles. The molecule has 0 atom stereocenters. The minimum atomic E-state index is -0.262. The van der Waals surface area contributed by atoms with Gasteiger partial charge in [0.1, 0.15) is 16.6 Å². The van der Waals surface area contributed by atoms with Crippen molar-refractivity contribution in [3.63, 3.8) is 0 Å². The molecule has 3 aromatic rings. The van der Waals surface area contributed by atoms with Gasteiger partial charge in [0.15, 0.2) is 0 Å². The van der Waals surface area contributed by atoms with E-state index in [1.807, 2.05) is 19.2 Å². The lowest BCUT2D eigenvalue weighted by molar-refractivity contribution is 0.0954. The zero-order valence-electron chi connectivity index (χ0n) is 15.2. The van der Waals surface area contributed by atoms with Gasteiger partial charge in [0.05, 0.1) is 11.8 Å². The Hall–Kier alpha value is -2.73. The first kappa shape index (κ1) is 19.0. The van der Waals surface area contributed by atoms with E-state index in [2.05, 4.69) is 10.3 Å². The quantitative estimate of drug-likeness (QED) is 0.642. The molecule has 0 saturated carbocycles. The maximum atomic E-state index is 13.0. The molecular weight excluding hydrogens is 363 g/mol. The molecule has 0 spiro atoms. The highest BCUT2D eigenvalue weighted by Crippen LogP contribution is 2.24. The highest BCUT2D eigenvalue weighted by atomic mass is 32.1. The van der Waals surface area contributed by atoms with Gasteiger partial charge < -0.3 is 10.1 Å². The number of thiazole rings is 1. The first-order valence-electron chi connectivity index (χ1n) is 8.76. The van der Waals surface area contributed by atoms with E-state index in [9.17, 15) is 9.18 Å². The minimum absolute atomic E-state index is 0.0996. The molecule has 1 heterocycles. The number of amides is 1. The summed E-state index contributed by atoms with van der Waals surface area (Å²) in [5, 5.41) is 5.71. The molecule has 140 valence electrons. The maximum absolute atomic E-state index is 13.0. The number of aromatic nitrogens is 1. The predicted octanol–water partition coefficient (Wildman–Crippen LogP) is 4.71. The minimum Gasteiger partial charge on any atom is -0.491 e. The summed E-state index contributed by atoms with van der Waals surface area (Å²) in [6, 6.07) is 13.4. The van der Waals surface area contributed by atoms with Gasteiger partial charge in [0.2, 0.25) is 0 Å². The Bertz CT molecular complexity index is 889. The molecule has 3 rings (SSSR count). The molecule has 0 unspecified atom stereocenters. The smallest absolute Gasteiger partial charge is 0.251 e. The third-order valence-corrected chi connectivity index (χ3v) is 4.74. The van der Waals surface area contributed by atoms with Crippen LogP contribution in [0.2, 0.25) is 0 Å². The van der Waals surface area contributed by atoms with E-state index in [4.69, 9.17) is 4.74 Å². The van der Waals surface area contributed by atoms with Gasteiger partial charge in [0.25, 0.3) is 5.91 Å². The number of carbonyl (C=O) groups is 1. The van der Waals surface area contributed by atoms with Gasteiger partial charge in [-0.15, -0.1) is 11.3 Å². The number of hydrogen-bond donors (Lipinski definition) is 1. The normalized spacial score (nSPS) is 10.8. The predicted molar refractivity (Wildman–Crippen MR) is 106 cm³/mol. The molecule has 0 bridgehead atoms. The van der Waals surface area contributed by atoms with E-state index in [1.165, 1.54) is 23.5 Å². The van der Waals surface area contributed by atoms with Crippen LogP contribution in [0.3, 0.4) is 0 Å². The first-order chi connectivity index (χ1) is 13.0. The summed E-state index contributed by atoms with van der Waals surface area (Å²) >= 11 is 1.51. The third kappa shape index (κ3) is 5.37. The molecular formula is C21H21FN2O2S. The number of carbonyl (C=O) groups excluding carboxylic acids is 1. The Balaban J connectivity index is 1.51. The van der Waals surface area contributed by atoms with Gasteiger partial charge in [0, 0.05) is 29.5 Å². The van der Waals surface area contributed by atoms with Crippen molar-refractivity contribution in [2.24, 2.45) is 0 Å². The molecule has 0 aliphatic rings. The van der Waals surface area contributed by atoms with Crippen LogP contribution in [0.4, 0.5) is 4.39 Å². The highest BCUT2D eigenvalue weighted by molar-refractivity contribution is 7.13. The second kappa shape index (κ2) is 8.77. The first-order valence-corrected chi connectivity index (χ1v) is 9.64. The number of ether oxygens (including phenoxy) is 1. The standard InChI is InChI=1S/C21H21FN2O2S/c1-14(2)26-19-9-5-15(6-10-19)20(25)23-12-11-18-13-27-21(24-18)16-3-7-17(22)8-4-16/h3-10,13-14H,11-12H2,1-2H3,(H,23,25). The zero-order chi connectivity index (χ0) is 19.2. The van der Waals surface area contributed by atoms with Crippen molar-refractivity contribution >= 4 is 17.2 Å². The Labute approximate surface area is 162 Å². The van der Waals surface area contributed by atoms with E-state index >= 15 is 0 Å². The van der Waals surface area contributed by atoms with Crippen molar-refractivity contribution in [1.82, 2.24) is 10.3 Å². The van der Waals surface area contributed by atoms with Gasteiger partial charge in [-0.2, -0.15) is 0 Å². The molecule has 4 nitrogen and oxygen atoms in total. The summed E-state index contributed by atoms with van der Waals surface area (Å²) in [6.07, 6.45) is 0.737. The number of hydrogen-bond acceptors (Lipinski definition) is 4. The molecule has 2 aromatic carbocycles. The Morgan fingerprint density at radius 3 is 2.52 bits per heavy atom. The van der Waals surface area contributed by atoms with Gasteiger partial charge >= 0.3 is 0 Å². The average molecular weight is 384 g/mol. The Morgan fingerprint density at radius 1 is 1.15 bits per heavy atom. The molecule has 1 amide bonds. The van der Waals surface area contributed by atoms with Crippen molar-refractivity contribution in [2.75, 3.05) is 6.54 Å². The SMILES string of the molecule is CC(C)Oc1ccc(C(=O)NCCc2csc(-c3ccc(F)cc3)n2)cc1. The third-order valence-electron chi connectivity index (χ3n) is 3.80. The van der Waals surface area contributed by atoms with E-state index in [0.717, 1.165) is 22.0 Å². The molecule has 6 heteroatoms. The number of halogens is 1. The average Bonchev–Trinajstić information content (AvgIpc) is 3.11. The van der Waals surface area contributed by atoms with E-state index in [-0.39, 0.29) is 17.8 Å². The van der Waals surface area contributed by atoms with E-state index in [1.54, 1.807) is 36.4 Å².